The Bertz CT molecular complexity index is 527. The summed E-state index contributed by atoms with van der Waals surface area (Å²) in [6.07, 6.45) is 0.195. The maximum atomic E-state index is 12.0. The topological polar surface area (TPSA) is 110 Å². The Hall–Kier alpha value is -2.44. The quantitative estimate of drug-likeness (QED) is 0.619. The van der Waals surface area contributed by atoms with E-state index in [0.717, 1.165) is 0 Å². The molecule has 0 bridgehead atoms. The lowest BCUT2D eigenvalue weighted by Crippen LogP contribution is -2.40. The maximum Gasteiger partial charge on any atom is 0.326 e. The van der Waals surface area contributed by atoms with E-state index in [1.165, 1.54) is 12.1 Å². The molecule has 0 fully saturated rings. The van der Waals surface area contributed by atoms with E-state index in [1.54, 1.807) is 19.9 Å². The zero-order valence-corrected chi connectivity index (χ0v) is 10.5. The number of carboxylic acids is 1. The molecule has 0 saturated carbocycles. The van der Waals surface area contributed by atoms with Crippen molar-refractivity contribution in [1.82, 2.24) is 5.32 Å². The Morgan fingerprint density at radius 3 is 2.58 bits per heavy atom. The number of carboxylic acid groups (broad SMARTS) is 1. The van der Waals surface area contributed by atoms with Crippen molar-refractivity contribution >= 4 is 17.6 Å². The fourth-order valence-corrected chi connectivity index (χ4v) is 1.67. The van der Waals surface area contributed by atoms with Crippen LogP contribution in [0.3, 0.4) is 0 Å². The minimum atomic E-state index is -1.17. The summed E-state index contributed by atoms with van der Waals surface area (Å²) in [5.41, 5.74) is -0.0168. The van der Waals surface area contributed by atoms with Gasteiger partial charge in [0.2, 0.25) is 0 Å². The van der Waals surface area contributed by atoms with Gasteiger partial charge in [0, 0.05) is 6.07 Å². The van der Waals surface area contributed by atoms with Crippen LogP contribution in [0.1, 0.15) is 29.3 Å². The summed E-state index contributed by atoms with van der Waals surface area (Å²) in [6, 6.07) is 3.18. The molecule has 0 aliphatic carbocycles. The highest BCUT2D eigenvalue weighted by Gasteiger charge is 2.25. The molecule has 0 aliphatic heterocycles. The monoisotopic (exact) mass is 266 g/mol. The second-order valence-corrected chi connectivity index (χ2v) is 4.00. The van der Waals surface area contributed by atoms with E-state index in [4.69, 9.17) is 5.11 Å². The molecule has 19 heavy (non-hydrogen) atoms. The predicted octanol–water partition coefficient (Wildman–Crippen LogP) is 1.50. The number of rotatable bonds is 5. The fourth-order valence-electron chi connectivity index (χ4n) is 1.67. The Morgan fingerprint density at radius 1 is 1.47 bits per heavy atom. The molecule has 2 N–H and O–H groups in total. The van der Waals surface area contributed by atoms with Crippen LogP contribution in [0.15, 0.2) is 18.2 Å². The van der Waals surface area contributed by atoms with E-state index in [2.05, 4.69) is 5.32 Å². The number of hydrogen-bond acceptors (Lipinski definition) is 4. The first kappa shape index (κ1) is 14.6. The number of nitrogens with one attached hydrogen (secondary N) is 1. The molecule has 1 aromatic carbocycles. The fraction of sp³-hybridized carbons (Fsp3) is 0.333. The smallest absolute Gasteiger partial charge is 0.326 e. The first-order valence-electron chi connectivity index (χ1n) is 5.66. The molecule has 0 unspecified atom stereocenters. The number of amides is 1. The third kappa shape index (κ3) is 3.27. The minimum absolute atomic E-state index is 0.104. The number of aryl methyl sites for hydroxylation is 1. The molecule has 0 radical (unpaired) electrons. The number of aliphatic carboxylic acids is 1. The summed E-state index contributed by atoms with van der Waals surface area (Å²) in [6.45, 7) is 3.16. The molecule has 7 nitrogen and oxygen atoms in total. The van der Waals surface area contributed by atoms with E-state index in [0.29, 0.717) is 5.56 Å². The predicted molar refractivity (Wildman–Crippen MR) is 67.0 cm³/mol. The summed E-state index contributed by atoms with van der Waals surface area (Å²) >= 11 is 0. The van der Waals surface area contributed by atoms with Gasteiger partial charge < -0.3 is 10.4 Å². The number of nitrogens with zero attached hydrogens (tertiary/aromatic N) is 1. The van der Waals surface area contributed by atoms with Gasteiger partial charge in [-0.3, -0.25) is 14.9 Å². The average molecular weight is 266 g/mol. The molecule has 0 spiro atoms. The van der Waals surface area contributed by atoms with E-state index >= 15 is 0 Å². The average Bonchev–Trinajstić information content (AvgIpc) is 2.34. The van der Waals surface area contributed by atoms with Crippen molar-refractivity contribution in [3.8, 4) is 0 Å². The van der Waals surface area contributed by atoms with Crippen LogP contribution in [0.25, 0.3) is 0 Å². The zero-order chi connectivity index (χ0) is 14.6. The van der Waals surface area contributed by atoms with E-state index in [1.807, 2.05) is 0 Å². The molecule has 1 aromatic rings. The van der Waals surface area contributed by atoms with Gasteiger partial charge in [0.1, 0.15) is 11.6 Å². The van der Waals surface area contributed by atoms with Gasteiger partial charge >= 0.3 is 5.97 Å². The van der Waals surface area contributed by atoms with Gasteiger partial charge in [-0.15, -0.1) is 0 Å². The molecule has 0 saturated heterocycles. The number of benzene rings is 1. The van der Waals surface area contributed by atoms with Crippen LogP contribution < -0.4 is 5.32 Å². The summed E-state index contributed by atoms with van der Waals surface area (Å²) in [5, 5.41) is 22.0. The summed E-state index contributed by atoms with van der Waals surface area (Å²) in [7, 11) is 0. The molecule has 1 rings (SSSR count). The summed E-state index contributed by atoms with van der Waals surface area (Å²) in [5.74, 6) is -1.92. The van der Waals surface area contributed by atoms with Crippen molar-refractivity contribution in [3.05, 3.63) is 39.4 Å². The first-order chi connectivity index (χ1) is 8.88. The zero-order valence-electron chi connectivity index (χ0n) is 10.5. The van der Waals surface area contributed by atoms with Gasteiger partial charge in [-0.25, -0.2) is 4.79 Å². The highest BCUT2D eigenvalue weighted by atomic mass is 16.6. The number of nitro benzene ring substituents is 1. The van der Waals surface area contributed by atoms with Gasteiger partial charge in [0.15, 0.2) is 0 Å². The van der Waals surface area contributed by atoms with E-state index in [9.17, 15) is 19.7 Å². The second kappa shape index (κ2) is 5.94. The van der Waals surface area contributed by atoms with Gasteiger partial charge in [0.05, 0.1) is 4.92 Å². The molecular weight excluding hydrogens is 252 g/mol. The maximum absolute atomic E-state index is 12.0. The molecule has 1 atom stereocenters. The minimum Gasteiger partial charge on any atom is -0.480 e. The lowest BCUT2D eigenvalue weighted by atomic mass is 10.1. The van der Waals surface area contributed by atoms with Crippen molar-refractivity contribution in [1.29, 1.82) is 0 Å². The van der Waals surface area contributed by atoms with Gasteiger partial charge in [-0.2, -0.15) is 0 Å². The van der Waals surface area contributed by atoms with Crippen molar-refractivity contribution < 1.29 is 19.6 Å². The van der Waals surface area contributed by atoms with Crippen LogP contribution in [-0.2, 0) is 4.79 Å². The largest absolute Gasteiger partial charge is 0.480 e. The van der Waals surface area contributed by atoms with Crippen LogP contribution in [0.4, 0.5) is 5.69 Å². The van der Waals surface area contributed by atoms with Crippen LogP contribution >= 0.6 is 0 Å². The third-order valence-corrected chi connectivity index (χ3v) is 2.69. The Labute approximate surface area is 109 Å². The SMILES string of the molecule is CC[C@@H](NC(=O)c1c(C)cccc1[N+](=O)[O-])C(=O)O. The van der Waals surface area contributed by atoms with Crippen molar-refractivity contribution in [3.63, 3.8) is 0 Å². The molecule has 0 heterocycles. The van der Waals surface area contributed by atoms with Crippen molar-refractivity contribution in [2.45, 2.75) is 26.3 Å². The Balaban J connectivity index is 3.12. The number of nitro groups is 1. The first-order valence-corrected chi connectivity index (χ1v) is 5.66. The summed E-state index contributed by atoms with van der Waals surface area (Å²) < 4.78 is 0. The van der Waals surface area contributed by atoms with Gasteiger partial charge in [-0.05, 0) is 18.9 Å². The standard InChI is InChI=1S/C12H14N2O5/c1-3-8(12(16)17)13-11(15)10-7(2)5-4-6-9(10)14(18)19/h4-6,8H,3H2,1-2H3,(H,13,15)(H,16,17)/t8-/m1/s1. The van der Waals surface area contributed by atoms with Crippen LogP contribution in [-0.4, -0.2) is 27.9 Å². The highest BCUT2D eigenvalue weighted by Crippen LogP contribution is 2.21. The van der Waals surface area contributed by atoms with E-state index in [-0.39, 0.29) is 17.7 Å². The molecule has 1 amide bonds. The van der Waals surface area contributed by atoms with Gasteiger partial charge in [-0.1, -0.05) is 19.1 Å². The molecule has 7 heteroatoms. The second-order valence-electron chi connectivity index (χ2n) is 4.00. The molecule has 0 aliphatic rings. The highest BCUT2D eigenvalue weighted by molar-refractivity contribution is 6.01. The molecular formula is C12H14N2O5. The number of carbonyl (C=O) groups is 2. The summed E-state index contributed by atoms with van der Waals surface area (Å²) in [4.78, 5) is 33.1. The third-order valence-electron chi connectivity index (χ3n) is 2.69. The lowest BCUT2D eigenvalue weighted by Gasteiger charge is -2.13. The van der Waals surface area contributed by atoms with Crippen molar-refractivity contribution in [2.75, 3.05) is 0 Å². The van der Waals surface area contributed by atoms with E-state index < -0.39 is 22.8 Å². The van der Waals surface area contributed by atoms with Crippen LogP contribution in [0, 0.1) is 17.0 Å². The number of carbonyl (C=O) groups excluding carboxylic acids is 1. The van der Waals surface area contributed by atoms with Crippen LogP contribution in [0.2, 0.25) is 0 Å². The Kier molecular flexibility index (Phi) is 4.57. The van der Waals surface area contributed by atoms with Crippen LogP contribution in [0.5, 0.6) is 0 Å². The molecule has 102 valence electrons. The van der Waals surface area contributed by atoms with Gasteiger partial charge in [0.25, 0.3) is 11.6 Å². The van der Waals surface area contributed by atoms with Crippen molar-refractivity contribution in [2.24, 2.45) is 0 Å². The number of hydrogen-bond donors (Lipinski definition) is 2. The lowest BCUT2D eigenvalue weighted by molar-refractivity contribution is -0.385. The molecule has 0 aromatic heterocycles. The normalized spacial score (nSPS) is 11.7. The Morgan fingerprint density at radius 2 is 2.11 bits per heavy atom.